The number of hydrogen-bond donors (Lipinski definition) is 2. The van der Waals surface area contributed by atoms with E-state index in [2.05, 4.69) is 19.9 Å². The molecule has 2 aromatic heterocycles. The number of rotatable bonds is 2. The Morgan fingerprint density at radius 1 is 1.50 bits per heavy atom. The van der Waals surface area contributed by atoms with Crippen molar-refractivity contribution >= 4 is 22.6 Å². The molecule has 0 radical (unpaired) electrons. The van der Waals surface area contributed by atoms with Crippen LogP contribution in [-0.2, 0) is 6.54 Å². The van der Waals surface area contributed by atoms with E-state index in [-0.39, 0.29) is 0 Å². The highest BCUT2D eigenvalue weighted by atomic mass is 15.1. The first-order valence-corrected chi connectivity index (χ1v) is 5.30. The van der Waals surface area contributed by atoms with Gasteiger partial charge in [0.05, 0.1) is 25.0 Å². The number of aliphatic imine (C=N–C) groups is 1. The quantitative estimate of drug-likeness (QED) is 0.771. The van der Waals surface area contributed by atoms with Crippen LogP contribution < -0.4 is 11.1 Å². The van der Waals surface area contributed by atoms with Crippen molar-refractivity contribution in [2.75, 3.05) is 18.8 Å². The van der Waals surface area contributed by atoms with Crippen LogP contribution >= 0.6 is 0 Å². The van der Waals surface area contributed by atoms with Crippen molar-refractivity contribution in [1.29, 1.82) is 0 Å². The monoisotopic (exact) mass is 215 g/mol. The van der Waals surface area contributed by atoms with Crippen LogP contribution in [0.2, 0.25) is 0 Å². The fourth-order valence-electron chi connectivity index (χ4n) is 1.94. The van der Waals surface area contributed by atoms with Gasteiger partial charge in [-0.25, -0.2) is 4.98 Å². The lowest BCUT2D eigenvalue weighted by Crippen LogP contribution is -2.23. The minimum absolute atomic E-state index is 0.696. The molecule has 0 unspecified atom stereocenters. The van der Waals surface area contributed by atoms with Gasteiger partial charge in [0.25, 0.3) is 0 Å². The lowest BCUT2D eigenvalue weighted by Gasteiger charge is -2.05. The van der Waals surface area contributed by atoms with E-state index in [0.29, 0.717) is 5.69 Å². The number of amidine groups is 1. The summed E-state index contributed by atoms with van der Waals surface area (Å²) in [5.74, 6) is 1.02. The predicted octanol–water partition coefficient (Wildman–Crippen LogP) is 0.620. The summed E-state index contributed by atoms with van der Waals surface area (Å²) in [4.78, 5) is 8.71. The summed E-state index contributed by atoms with van der Waals surface area (Å²) in [6.45, 7) is 2.56. The average molecular weight is 215 g/mol. The van der Waals surface area contributed by atoms with Crippen molar-refractivity contribution < 1.29 is 0 Å². The summed E-state index contributed by atoms with van der Waals surface area (Å²) in [5, 5.41) is 4.32. The number of aromatic nitrogens is 2. The third-order valence-electron chi connectivity index (χ3n) is 2.69. The van der Waals surface area contributed by atoms with Gasteiger partial charge in [0.2, 0.25) is 0 Å². The van der Waals surface area contributed by atoms with E-state index < -0.39 is 0 Å². The van der Waals surface area contributed by atoms with Gasteiger partial charge < -0.3 is 15.6 Å². The highest BCUT2D eigenvalue weighted by Crippen LogP contribution is 2.15. The van der Waals surface area contributed by atoms with Crippen molar-refractivity contribution in [2.45, 2.75) is 6.54 Å². The van der Waals surface area contributed by atoms with Crippen molar-refractivity contribution in [1.82, 2.24) is 14.9 Å². The Labute approximate surface area is 93.0 Å². The number of nitrogen functional groups attached to an aromatic ring is 1. The standard InChI is InChI=1S/C11H13N5/c12-9-5-8-1-4-16(11(8)15-6-9)7-10-13-2-3-14-10/h1,4-6H,2-3,7,12H2,(H,13,14). The van der Waals surface area contributed by atoms with Crippen LogP contribution in [0.15, 0.2) is 29.5 Å². The molecule has 0 saturated heterocycles. The molecule has 16 heavy (non-hydrogen) atoms. The summed E-state index contributed by atoms with van der Waals surface area (Å²) in [7, 11) is 0. The van der Waals surface area contributed by atoms with Crippen LogP contribution in [0.25, 0.3) is 11.0 Å². The van der Waals surface area contributed by atoms with Gasteiger partial charge in [-0.3, -0.25) is 4.99 Å². The maximum absolute atomic E-state index is 5.69. The minimum atomic E-state index is 0.696. The van der Waals surface area contributed by atoms with Gasteiger partial charge in [-0.05, 0) is 12.1 Å². The van der Waals surface area contributed by atoms with Crippen LogP contribution in [0.4, 0.5) is 5.69 Å². The molecule has 0 saturated carbocycles. The molecule has 82 valence electrons. The molecule has 3 rings (SSSR count). The Morgan fingerprint density at radius 3 is 3.25 bits per heavy atom. The molecular weight excluding hydrogens is 202 g/mol. The zero-order valence-corrected chi connectivity index (χ0v) is 8.85. The Morgan fingerprint density at radius 2 is 2.44 bits per heavy atom. The fourth-order valence-corrected chi connectivity index (χ4v) is 1.94. The molecule has 3 heterocycles. The third kappa shape index (κ3) is 1.50. The first-order chi connectivity index (χ1) is 7.83. The summed E-state index contributed by atoms with van der Waals surface area (Å²) < 4.78 is 2.08. The first-order valence-electron chi connectivity index (χ1n) is 5.30. The topological polar surface area (TPSA) is 68.2 Å². The molecule has 5 heteroatoms. The summed E-state index contributed by atoms with van der Waals surface area (Å²) >= 11 is 0. The number of hydrogen-bond acceptors (Lipinski definition) is 4. The number of nitrogens with one attached hydrogen (secondary N) is 1. The molecule has 1 aliphatic heterocycles. The van der Waals surface area contributed by atoms with E-state index in [1.165, 1.54) is 0 Å². The second kappa shape index (κ2) is 3.52. The van der Waals surface area contributed by atoms with Gasteiger partial charge in [-0.2, -0.15) is 0 Å². The van der Waals surface area contributed by atoms with Gasteiger partial charge in [-0.15, -0.1) is 0 Å². The van der Waals surface area contributed by atoms with E-state index in [4.69, 9.17) is 5.73 Å². The number of pyridine rings is 1. The van der Waals surface area contributed by atoms with Gasteiger partial charge in [0, 0.05) is 18.1 Å². The van der Waals surface area contributed by atoms with Crippen molar-refractivity contribution in [3.8, 4) is 0 Å². The molecule has 5 nitrogen and oxygen atoms in total. The van der Waals surface area contributed by atoms with Crippen LogP contribution in [0, 0.1) is 0 Å². The van der Waals surface area contributed by atoms with Crippen LogP contribution in [-0.4, -0.2) is 28.5 Å². The normalized spacial score (nSPS) is 15.1. The first kappa shape index (κ1) is 9.21. The summed E-state index contributed by atoms with van der Waals surface area (Å²) in [6.07, 6.45) is 3.70. The second-order valence-electron chi connectivity index (χ2n) is 3.88. The molecule has 0 spiro atoms. The molecule has 0 fully saturated rings. The number of anilines is 1. The Kier molecular flexibility index (Phi) is 2.02. The smallest absolute Gasteiger partial charge is 0.140 e. The molecule has 2 aromatic rings. The molecule has 1 aliphatic rings. The molecule has 0 atom stereocenters. The molecular formula is C11H13N5. The second-order valence-corrected chi connectivity index (χ2v) is 3.88. The van der Waals surface area contributed by atoms with Crippen LogP contribution in [0.1, 0.15) is 0 Å². The van der Waals surface area contributed by atoms with Crippen LogP contribution in [0.3, 0.4) is 0 Å². The van der Waals surface area contributed by atoms with Crippen molar-refractivity contribution in [3.63, 3.8) is 0 Å². The number of fused-ring (bicyclic) bond motifs is 1. The summed E-state index contributed by atoms with van der Waals surface area (Å²) in [5.41, 5.74) is 7.33. The maximum Gasteiger partial charge on any atom is 0.140 e. The Balaban J connectivity index is 1.97. The highest BCUT2D eigenvalue weighted by molar-refractivity contribution is 5.86. The number of nitrogens with zero attached hydrogens (tertiary/aromatic N) is 3. The van der Waals surface area contributed by atoms with Crippen molar-refractivity contribution in [2.24, 2.45) is 4.99 Å². The molecule has 0 amide bonds. The average Bonchev–Trinajstić information content (AvgIpc) is 2.89. The Hall–Kier alpha value is -2.04. The third-order valence-corrected chi connectivity index (χ3v) is 2.69. The Bertz CT molecular complexity index is 555. The summed E-state index contributed by atoms with van der Waals surface area (Å²) in [6, 6.07) is 3.96. The van der Waals surface area contributed by atoms with E-state index in [1.807, 2.05) is 18.3 Å². The maximum atomic E-state index is 5.69. The largest absolute Gasteiger partial charge is 0.397 e. The fraction of sp³-hybridized carbons (Fsp3) is 0.273. The molecule has 3 N–H and O–H groups in total. The highest BCUT2D eigenvalue weighted by Gasteiger charge is 2.08. The van der Waals surface area contributed by atoms with Crippen LogP contribution in [0.5, 0.6) is 0 Å². The number of nitrogens with two attached hydrogens (primary N) is 1. The van der Waals surface area contributed by atoms with Gasteiger partial charge in [0.1, 0.15) is 11.5 Å². The SMILES string of the molecule is Nc1cnc2c(ccn2CC2=NCCN2)c1. The van der Waals surface area contributed by atoms with E-state index in [9.17, 15) is 0 Å². The van der Waals surface area contributed by atoms with Gasteiger partial charge >= 0.3 is 0 Å². The van der Waals surface area contributed by atoms with E-state index in [0.717, 1.165) is 36.5 Å². The van der Waals surface area contributed by atoms with Crippen molar-refractivity contribution in [3.05, 3.63) is 24.5 Å². The minimum Gasteiger partial charge on any atom is -0.397 e. The lowest BCUT2D eigenvalue weighted by atomic mass is 10.3. The zero-order valence-electron chi connectivity index (χ0n) is 8.85. The molecule has 0 bridgehead atoms. The van der Waals surface area contributed by atoms with E-state index in [1.54, 1.807) is 6.20 Å². The molecule has 0 aromatic carbocycles. The predicted molar refractivity (Wildman–Crippen MR) is 64.5 cm³/mol. The zero-order chi connectivity index (χ0) is 11.0. The van der Waals surface area contributed by atoms with Gasteiger partial charge in [0.15, 0.2) is 0 Å². The van der Waals surface area contributed by atoms with E-state index >= 15 is 0 Å². The lowest BCUT2D eigenvalue weighted by molar-refractivity contribution is 0.852. The molecule has 0 aliphatic carbocycles. The van der Waals surface area contributed by atoms with Gasteiger partial charge in [-0.1, -0.05) is 0 Å².